The second kappa shape index (κ2) is 6.95. The quantitative estimate of drug-likeness (QED) is 0.753. The number of carbonyl (C=O) groups is 2. The van der Waals surface area contributed by atoms with E-state index in [2.05, 4.69) is 15.5 Å². The van der Waals surface area contributed by atoms with Crippen LogP contribution in [-0.2, 0) is 4.79 Å². The van der Waals surface area contributed by atoms with Gasteiger partial charge >= 0.3 is 5.97 Å². The Labute approximate surface area is 109 Å². The van der Waals surface area contributed by atoms with Crippen molar-refractivity contribution in [1.82, 2.24) is 15.5 Å². The maximum Gasteiger partial charge on any atom is 0.304 e. The summed E-state index contributed by atoms with van der Waals surface area (Å²) in [5.41, 5.74) is 0.257. The van der Waals surface area contributed by atoms with Crippen molar-refractivity contribution < 1.29 is 14.7 Å². The smallest absolute Gasteiger partial charge is 0.304 e. The van der Waals surface area contributed by atoms with E-state index in [1.165, 1.54) is 11.8 Å². The van der Waals surface area contributed by atoms with Gasteiger partial charge in [0.1, 0.15) is 5.03 Å². The first-order valence-corrected chi connectivity index (χ1v) is 6.41. The molecule has 0 spiro atoms. The second-order valence-corrected chi connectivity index (χ2v) is 5.10. The van der Waals surface area contributed by atoms with Crippen LogP contribution in [-0.4, -0.2) is 39.0 Å². The summed E-state index contributed by atoms with van der Waals surface area (Å²) in [4.78, 5) is 21.9. The predicted molar refractivity (Wildman–Crippen MR) is 67.6 cm³/mol. The lowest BCUT2D eigenvalue weighted by Crippen LogP contribution is -2.24. The lowest BCUT2D eigenvalue weighted by atomic mass is 10.3. The van der Waals surface area contributed by atoms with Crippen LogP contribution in [0.4, 0.5) is 0 Å². The van der Waals surface area contributed by atoms with Crippen LogP contribution >= 0.6 is 11.8 Å². The fourth-order valence-electron chi connectivity index (χ4n) is 1.25. The molecule has 0 saturated heterocycles. The Bertz CT molecular complexity index is 422. The van der Waals surface area contributed by atoms with Crippen LogP contribution in [0.3, 0.4) is 0 Å². The van der Waals surface area contributed by atoms with Gasteiger partial charge in [-0.25, -0.2) is 0 Å². The van der Waals surface area contributed by atoms with Gasteiger partial charge in [-0.2, -0.15) is 0 Å². The SMILES string of the molecule is CCNC(=O)c1ccc(SC(C)CC(=O)O)nn1. The molecular formula is C11H15N3O3S. The van der Waals surface area contributed by atoms with Gasteiger partial charge in [-0.15, -0.1) is 22.0 Å². The van der Waals surface area contributed by atoms with Crippen LogP contribution < -0.4 is 5.32 Å². The Balaban J connectivity index is 2.60. The molecule has 1 unspecified atom stereocenters. The van der Waals surface area contributed by atoms with E-state index >= 15 is 0 Å². The summed E-state index contributed by atoms with van der Waals surface area (Å²) in [6, 6.07) is 3.24. The van der Waals surface area contributed by atoms with Crippen molar-refractivity contribution in [3.63, 3.8) is 0 Å². The largest absolute Gasteiger partial charge is 0.481 e. The highest BCUT2D eigenvalue weighted by Gasteiger charge is 2.11. The maximum absolute atomic E-state index is 11.4. The third kappa shape index (κ3) is 4.70. The van der Waals surface area contributed by atoms with Crippen LogP contribution in [0.15, 0.2) is 17.2 Å². The Morgan fingerprint density at radius 2 is 2.17 bits per heavy atom. The van der Waals surface area contributed by atoms with Gasteiger partial charge in [0, 0.05) is 11.8 Å². The summed E-state index contributed by atoms with van der Waals surface area (Å²) in [6.45, 7) is 4.16. The van der Waals surface area contributed by atoms with E-state index < -0.39 is 5.97 Å². The van der Waals surface area contributed by atoms with E-state index in [9.17, 15) is 9.59 Å². The minimum absolute atomic E-state index is 0.0599. The Morgan fingerprint density at radius 3 is 2.67 bits per heavy atom. The fraction of sp³-hybridized carbons (Fsp3) is 0.455. The van der Waals surface area contributed by atoms with E-state index in [0.29, 0.717) is 11.6 Å². The number of aromatic nitrogens is 2. The number of nitrogens with zero attached hydrogens (tertiary/aromatic N) is 2. The zero-order chi connectivity index (χ0) is 13.5. The number of hydrogen-bond donors (Lipinski definition) is 2. The van der Waals surface area contributed by atoms with Gasteiger partial charge in [0.15, 0.2) is 5.69 Å². The molecule has 0 radical (unpaired) electrons. The number of thioether (sulfide) groups is 1. The second-order valence-electron chi connectivity index (χ2n) is 3.64. The van der Waals surface area contributed by atoms with E-state index in [0.717, 1.165) is 0 Å². The average Bonchev–Trinajstić information content (AvgIpc) is 2.29. The fourth-order valence-corrected chi connectivity index (χ4v) is 2.12. The van der Waals surface area contributed by atoms with Crippen molar-refractivity contribution in [2.45, 2.75) is 30.5 Å². The molecular weight excluding hydrogens is 254 g/mol. The first kappa shape index (κ1) is 14.4. The standard InChI is InChI=1S/C11H15N3O3S/c1-3-12-11(17)8-4-5-9(14-13-8)18-7(2)6-10(15)16/h4-5,7H,3,6H2,1-2H3,(H,12,17)(H,15,16). The third-order valence-electron chi connectivity index (χ3n) is 1.99. The molecule has 0 aliphatic carbocycles. The molecule has 0 bridgehead atoms. The monoisotopic (exact) mass is 269 g/mol. The molecule has 18 heavy (non-hydrogen) atoms. The Hall–Kier alpha value is -1.63. The topological polar surface area (TPSA) is 92.2 Å². The van der Waals surface area contributed by atoms with E-state index in [1.807, 2.05) is 6.92 Å². The number of aliphatic carboxylic acids is 1. The van der Waals surface area contributed by atoms with Gasteiger partial charge in [0.25, 0.3) is 5.91 Å². The molecule has 1 rings (SSSR count). The number of carboxylic acid groups (broad SMARTS) is 1. The van der Waals surface area contributed by atoms with E-state index in [1.54, 1.807) is 19.1 Å². The molecule has 2 N–H and O–H groups in total. The van der Waals surface area contributed by atoms with Crippen LogP contribution in [0.2, 0.25) is 0 Å². The van der Waals surface area contributed by atoms with Crippen molar-refractivity contribution in [1.29, 1.82) is 0 Å². The van der Waals surface area contributed by atoms with Gasteiger partial charge in [0.2, 0.25) is 0 Å². The molecule has 0 fully saturated rings. The molecule has 1 aromatic rings. The Morgan fingerprint density at radius 1 is 1.44 bits per heavy atom. The molecule has 7 heteroatoms. The number of hydrogen-bond acceptors (Lipinski definition) is 5. The van der Waals surface area contributed by atoms with E-state index in [-0.39, 0.29) is 23.3 Å². The molecule has 98 valence electrons. The summed E-state index contributed by atoms with van der Waals surface area (Å²) >= 11 is 1.32. The van der Waals surface area contributed by atoms with Crippen LogP contribution in [0.1, 0.15) is 30.8 Å². The van der Waals surface area contributed by atoms with Crippen molar-refractivity contribution in [3.05, 3.63) is 17.8 Å². The zero-order valence-corrected chi connectivity index (χ0v) is 11.0. The summed E-state index contributed by atoms with van der Waals surface area (Å²) in [5, 5.41) is 19.5. The Kier molecular flexibility index (Phi) is 5.57. The average molecular weight is 269 g/mol. The van der Waals surface area contributed by atoms with Crippen molar-refractivity contribution in [3.8, 4) is 0 Å². The van der Waals surface area contributed by atoms with Gasteiger partial charge in [-0.3, -0.25) is 9.59 Å². The number of rotatable bonds is 6. The van der Waals surface area contributed by atoms with Crippen LogP contribution in [0.25, 0.3) is 0 Å². The summed E-state index contributed by atoms with van der Waals surface area (Å²) in [5.74, 6) is -1.11. The normalized spacial score (nSPS) is 11.9. The summed E-state index contributed by atoms with van der Waals surface area (Å²) in [7, 11) is 0. The third-order valence-corrected chi connectivity index (χ3v) is 3.02. The molecule has 6 nitrogen and oxygen atoms in total. The van der Waals surface area contributed by atoms with Gasteiger partial charge in [-0.1, -0.05) is 6.92 Å². The first-order chi connectivity index (χ1) is 8.52. The molecule has 1 amide bonds. The first-order valence-electron chi connectivity index (χ1n) is 5.53. The van der Waals surface area contributed by atoms with Crippen LogP contribution in [0, 0.1) is 0 Å². The molecule has 1 aromatic heterocycles. The highest BCUT2D eigenvalue weighted by atomic mass is 32.2. The molecule has 0 aliphatic rings. The minimum atomic E-state index is -0.845. The lowest BCUT2D eigenvalue weighted by molar-refractivity contribution is -0.136. The number of amides is 1. The van der Waals surface area contributed by atoms with E-state index in [4.69, 9.17) is 5.11 Å². The van der Waals surface area contributed by atoms with Gasteiger partial charge in [0.05, 0.1) is 6.42 Å². The van der Waals surface area contributed by atoms with Crippen molar-refractivity contribution in [2.75, 3.05) is 6.54 Å². The molecule has 0 aliphatic heterocycles. The molecule has 1 atom stereocenters. The van der Waals surface area contributed by atoms with Gasteiger partial charge in [-0.05, 0) is 19.1 Å². The van der Waals surface area contributed by atoms with Gasteiger partial charge < -0.3 is 10.4 Å². The van der Waals surface area contributed by atoms with Crippen molar-refractivity contribution in [2.24, 2.45) is 0 Å². The predicted octanol–water partition coefficient (Wildman–Crippen LogP) is 1.18. The number of carboxylic acids is 1. The molecule has 0 aromatic carbocycles. The maximum atomic E-state index is 11.4. The highest BCUT2D eigenvalue weighted by molar-refractivity contribution is 7.99. The minimum Gasteiger partial charge on any atom is -0.481 e. The lowest BCUT2D eigenvalue weighted by Gasteiger charge is -2.07. The van der Waals surface area contributed by atoms with Crippen LogP contribution in [0.5, 0.6) is 0 Å². The number of nitrogens with one attached hydrogen (secondary N) is 1. The summed E-state index contributed by atoms with van der Waals surface area (Å²) in [6.07, 6.45) is 0.0599. The number of carbonyl (C=O) groups excluding carboxylic acids is 1. The molecule has 0 saturated carbocycles. The summed E-state index contributed by atoms with van der Waals surface area (Å²) < 4.78 is 0. The molecule has 1 heterocycles. The highest BCUT2D eigenvalue weighted by Crippen LogP contribution is 2.22. The van der Waals surface area contributed by atoms with Crippen molar-refractivity contribution >= 4 is 23.6 Å². The zero-order valence-electron chi connectivity index (χ0n) is 10.2.